The zero-order valence-corrected chi connectivity index (χ0v) is 15.8. The maximum Gasteiger partial charge on any atom is 0.329 e. The van der Waals surface area contributed by atoms with Crippen LogP contribution in [0.1, 0.15) is 55.6 Å². The standard InChI is InChI=1S/C18H21N5O5/c1-4-23-14-13(17(27)22-18(23)28)9(7-11(19-14)8(2)3)15(25)20-10-5-6-12(24)21-16(10)26/h7-8,10H,4-6H2,1-3H3,(H,20,25)(H,21,24,26)(H,22,27,28)/t10-/m0/s1. The fraction of sp³-hybridized carbons (Fsp3) is 0.444. The van der Waals surface area contributed by atoms with E-state index in [9.17, 15) is 24.0 Å². The third-order valence-corrected chi connectivity index (χ3v) is 4.67. The summed E-state index contributed by atoms with van der Waals surface area (Å²) in [6, 6.07) is 0.612. The minimum Gasteiger partial charge on any atom is -0.340 e. The van der Waals surface area contributed by atoms with Gasteiger partial charge in [0, 0.05) is 18.7 Å². The Morgan fingerprint density at radius 2 is 2.04 bits per heavy atom. The van der Waals surface area contributed by atoms with E-state index in [1.807, 2.05) is 13.8 Å². The van der Waals surface area contributed by atoms with Gasteiger partial charge in [0.25, 0.3) is 11.5 Å². The number of carbonyl (C=O) groups is 3. The first kappa shape index (κ1) is 19.5. The molecule has 1 atom stereocenters. The average Bonchev–Trinajstić information content (AvgIpc) is 2.63. The number of pyridine rings is 1. The maximum absolute atomic E-state index is 12.9. The number of aryl methyl sites for hydroxylation is 1. The van der Waals surface area contributed by atoms with Crippen molar-refractivity contribution in [1.29, 1.82) is 0 Å². The van der Waals surface area contributed by atoms with Crippen LogP contribution in [0.5, 0.6) is 0 Å². The van der Waals surface area contributed by atoms with Gasteiger partial charge in [0.2, 0.25) is 11.8 Å². The molecule has 3 N–H and O–H groups in total. The smallest absolute Gasteiger partial charge is 0.329 e. The molecule has 0 saturated carbocycles. The quantitative estimate of drug-likeness (QED) is 0.618. The molecule has 0 unspecified atom stereocenters. The number of nitrogens with zero attached hydrogens (tertiary/aromatic N) is 2. The van der Waals surface area contributed by atoms with Crippen molar-refractivity contribution in [3.8, 4) is 0 Å². The highest BCUT2D eigenvalue weighted by molar-refractivity contribution is 6.08. The second-order valence-corrected chi connectivity index (χ2v) is 6.93. The molecule has 0 spiro atoms. The fourth-order valence-corrected chi connectivity index (χ4v) is 3.13. The third-order valence-electron chi connectivity index (χ3n) is 4.67. The van der Waals surface area contributed by atoms with Gasteiger partial charge in [-0.3, -0.25) is 34.0 Å². The SMILES string of the molecule is CCn1c(=O)[nH]c(=O)c2c(C(=O)N[C@H]3CCC(=O)NC3=O)cc(C(C)C)nc21. The molecule has 0 bridgehead atoms. The summed E-state index contributed by atoms with van der Waals surface area (Å²) in [6.07, 6.45) is 0.285. The van der Waals surface area contributed by atoms with Crippen molar-refractivity contribution in [1.82, 2.24) is 25.2 Å². The lowest BCUT2D eigenvalue weighted by atomic mass is 10.0. The van der Waals surface area contributed by atoms with Crippen LogP contribution in [-0.4, -0.2) is 38.3 Å². The summed E-state index contributed by atoms with van der Waals surface area (Å²) in [7, 11) is 0. The highest BCUT2D eigenvalue weighted by Gasteiger charge is 2.29. The number of amides is 3. The van der Waals surface area contributed by atoms with Crippen molar-refractivity contribution in [2.75, 3.05) is 0 Å². The number of carbonyl (C=O) groups excluding carboxylic acids is 3. The summed E-state index contributed by atoms with van der Waals surface area (Å²) < 4.78 is 1.28. The third kappa shape index (κ3) is 3.45. The number of fused-ring (bicyclic) bond motifs is 1. The minimum atomic E-state index is -0.882. The lowest BCUT2D eigenvalue weighted by Crippen LogP contribution is -2.52. The Morgan fingerprint density at radius 1 is 1.32 bits per heavy atom. The van der Waals surface area contributed by atoms with Crippen LogP contribution in [0, 0.1) is 0 Å². The minimum absolute atomic E-state index is 0.0179. The maximum atomic E-state index is 12.9. The van der Waals surface area contributed by atoms with E-state index in [0.29, 0.717) is 5.69 Å². The Balaban J connectivity index is 2.15. The lowest BCUT2D eigenvalue weighted by molar-refractivity contribution is -0.134. The van der Waals surface area contributed by atoms with Crippen LogP contribution in [0.15, 0.2) is 15.7 Å². The number of aromatic amines is 1. The van der Waals surface area contributed by atoms with E-state index in [-0.39, 0.29) is 41.9 Å². The van der Waals surface area contributed by atoms with Gasteiger partial charge in [0.05, 0.1) is 10.9 Å². The molecule has 0 aromatic carbocycles. The van der Waals surface area contributed by atoms with E-state index in [2.05, 4.69) is 20.6 Å². The van der Waals surface area contributed by atoms with Gasteiger partial charge in [-0.1, -0.05) is 13.8 Å². The molecular formula is C18H21N5O5. The first-order valence-electron chi connectivity index (χ1n) is 9.05. The summed E-state index contributed by atoms with van der Waals surface area (Å²) in [5, 5.41) is 4.73. The highest BCUT2D eigenvalue weighted by atomic mass is 16.2. The van der Waals surface area contributed by atoms with Gasteiger partial charge in [-0.05, 0) is 25.3 Å². The molecular weight excluding hydrogens is 366 g/mol. The molecule has 2 aromatic rings. The van der Waals surface area contributed by atoms with Crippen LogP contribution in [0.4, 0.5) is 0 Å². The first-order valence-corrected chi connectivity index (χ1v) is 9.05. The number of hydrogen-bond donors (Lipinski definition) is 3. The molecule has 148 valence electrons. The summed E-state index contributed by atoms with van der Waals surface area (Å²) in [4.78, 5) is 67.4. The fourth-order valence-electron chi connectivity index (χ4n) is 3.13. The van der Waals surface area contributed by atoms with Crippen molar-refractivity contribution < 1.29 is 14.4 Å². The molecule has 1 fully saturated rings. The van der Waals surface area contributed by atoms with E-state index in [0.717, 1.165) is 0 Å². The average molecular weight is 387 g/mol. The van der Waals surface area contributed by atoms with Crippen LogP contribution in [0.2, 0.25) is 0 Å². The number of H-pyrrole nitrogens is 1. The molecule has 1 aliphatic heterocycles. The van der Waals surface area contributed by atoms with Crippen molar-refractivity contribution in [3.05, 3.63) is 38.2 Å². The van der Waals surface area contributed by atoms with E-state index in [1.54, 1.807) is 6.92 Å². The number of nitrogens with one attached hydrogen (secondary N) is 3. The van der Waals surface area contributed by atoms with Gasteiger partial charge in [-0.15, -0.1) is 0 Å². The number of aromatic nitrogens is 3. The monoisotopic (exact) mass is 387 g/mol. The van der Waals surface area contributed by atoms with E-state index >= 15 is 0 Å². The van der Waals surface area contributed by atoms with Crippen LogP contribution in [-0.2, 0) is 16.1 Å². The second kappa shape index (κ2) is 7.37. The number of piperidine rings is 1. The van der Waals surface area contributed by atoms with Crippen molar-refractivity contribution in [2.45, 2.75) is 52.1 Å². The van der Waals surface area contributed by atoms with Gasteiger partial charge in [0.1, 0.15) is 6.04 Å². The summed E-state index contributed by atoms with van der Waals surface area (Å²) >= 11 is 0. The molecule has 28 heavy (non-hydrogen) atoms. The Morgan fingerprint density at radius 3 is 2.64 bits per heavy atom. The van der Waals surface area contributed by atoms with Crippen LogP contribution >= 0.6 is 0 Å². The molecule has 2 aromatic heterocycles. The van der Waals surface area contributed by atoms with Gasteiger partial charge in [-0.2, -0.15) is 0 Å². The topological polar surface area (TPSA) is 143 Å². The Hall–Kier alpha value is -3.30. The summed E-state index contributed by atoms with van der Waals surface area (Å²) in [6.45, 7) is 5.73. The molecule has 3 rings (SSSR count). The van der Waals surface area contributed by atoms with Crippen molar-refractivity contribution in [3.63, 3.8) is 0 Å². The van der Waals surface area contributed by atoms with Crippen LogP contribution in [0.3, 0.4) is 0 Å². The van der Waals surface area contributed by atoms with E-state index in [1.165, 1.54) is 10.6 Å². The highest BCUT2D eigenvalue weighted by Crippen LogP contribution is 2.20. The number of imide groups is 1. The van der Waals surface area contributed by atoms with Crippen LogP contribution in [0.25, 0.3) is 11.0 Å². The molecule has 3 heterocycles. The number of rotatable bonds is 4. The van der Waals surface area contributed by atoms with Gasteiger partial charge in [0.15, 0.2) is 5.65 Å². The van der Waals surface area contributed by atoms with E-state index < -0.39 is 35.0 Å². The summed E-state index contributed by atoms with van der Waals surface area (Å²) in [5.74, 6) is -1.69. The Bertz CT molecular complexity index is 1100. The van der Waals surface area contributed by atoms with E-state index in [4.69, 9.17) is 0 Å². The van der Waals surface area contributed by atoms with Crippen molar-refractivity contribution >= 4 is 28.8 Å². The molecule has 10 nitrogen and oxygen atoms in total. The zero-order chi connectivity index (χ0) is 20.6. The predicted molar refractivity (Wildman–Crippen MR) is 100 cm³/mol. The molecule has 3 amide bonds. The van der Waals surface area contributed by atoms with Crippen molar-refractivity contribution in [2.24, 2.45) is 0 Å². The summed E-state index contributed by atoms with van der Waals surface area (Å²) in [5.41, 5.74) is -0.642. The Kier molecular flexibility index (Phi) is 5.12. The Labute approximate surface area is 159 Å². The normalized spacial score (nSPS) is 17.1. The van der Waals surface area contributed by atoms with Gasteiger partial charge >= 0.3 is 5.69 Å². The molecule has 0 aliphatic carbocycles. The number of hydrogen-bond acceptors (Lipinski definition) is 6. The first-order chi connectivity index (χ1) is 13.2. The lowest BCUT2D eigenvalue weighted by Gasteiger charge is -2.22. The van der Waals surface area contributed by atoms with Crippen LogP contribution < -0.4 is 21.9 Å². The van der Waals surface area contributed by atoms with Gasteiger partial charge < -0.3 is 5.32 Å². The van der Waals surface area contributed by atoms with Gasteiger partial charge in [-0.25, -0.2) is 9.78 Å². The molecule has 0 radical (unpaired) electrons. The zero-order valence-electron chi connectivity index (χ0n) is 15.8. The second-order valence-electron chi connectivity index (χ2n) is 6.93. The largest absolute Gasteiger partial charge is 0.340 e. The molecule has 1 saturated heterocycles. The predicted octanol–water partition coefficient (Wildman–Crippen LogP) is -0.237. The molecule has 1 aliphatic rings. The molecule has 10 heteroatoms.